The maximum Gasteiger partial charge on any atom is 0.124 e. The lowest BCUT2D eigenvalue weighted by Gasteiger charge is -2.43. The van der Waals surface area contributed by atoms with Crippen LogP contribution < -0.4 is 5.32 Å². The van der Waals surface area contributed by atoms with Crippen molar-refractivity contribution in [1.82, 2.24) is 10.2 Å². The van der Waals surface area contributed by atoms with Gasteiger partial charge in [-0.1, -0.05) is 28.4 Å². The topological polar surface area (TPSA) is 15.3 Å². The summed E-state index contributed by atoms with van der Waals surface area (Å²) in [7, 11) is 0. The zero-order chi connectivity index (χ0) is 13.2. The van der Waals surface area contributed by atoms with E-state index in [1.807, 2.05) is 6.07 Å². The van der Waals surface area contributed by atoms with Gasteiger partial charge in [-0.05, 0) is 36.5 Å². The predicted octanol–water partition coefficient (Wildman–Crippen LogP) is 4.18. The first-order valence-electron chi connectivity index (χ1n) is 7.15. The summed E-state index contributed by atoms with van der Waals surface area (Å²) in [5.74, 6) is 0.572. The first-order chi connectivity index (χ1) is 9.25. The fraction of sp³-hybridized carbons (Fsp3) is 0.600. The van der Waals surface area contributed by atoms with Crippen molar-refractivity contribution in [3.8, 4) is 0 Å². The van der Waals surface area contributed by atoms with Crippen LogP contribution in [0.4, 0.5) is 4.39 Å². The van der Waals surface area contributed by atoms with Gasteiger partial charge >= 0.3 is 0 Å². The van der Waals surface area contributed by atoms with Crippen LogP contribution in [0.2, 0.25) is 0 Å². The largest absolute Gasteiger partial charge is 0.314 e. The van der Waals surface area contributed by atoms with Crippen LogP contribution in [0.5, 0.6) is 0 Å². The lowest BCUT2D eigenvalue weighted by molar-refractivity contribution is 0.0832. The van der Waals surface area contributed by atoms with Crippen molar-refractivity contribution in [2.24, 2.45) is 5.92 Å². The molecule has 0 bridgehead atoms. The molecule has 0 unspecified atom stereocenters. The van der Waals surface area contributed by atoms with Gasteiger partial charge in [-0.3, -0.25) is 4.90 Å². The van der Waals surface area contributed by atoms with Crippen LogP contribution in [0.25, 0.3) is 0 Å². The van der Waals surface area contributed by atoms with Crippen LogP contribution in [0, 0.1) is 11.7 Å². The molecule has 1 saturated heterocycles. The maximum absolute atomic E-state index is 13.3. The summed E-state index contributed by atoms with van der Waals surface area (Å²) in [4.78, 5) is 2.57. The number of benzene rings is 1. The van der Waals surface area contributed by atoms with Gasteiger partial charge in [-0.15, -0.1) is 24.8 Å². The Hall–Kier alpha value is 0.130. The molecule has 0 radical (unpaired) electrons. The van der Waals surface area contributed by atoms with Crippen LogP contribution in [0.15, 0.2) is 22.7 Å². The highest BCUT2D eigenvalue weighted by Gasteiger charge is 2.34. The first-order valence-corrected chi connectivity index (χ1v) is 7.95. The van der Waals surface area contributed by atoms with Gasteiger partial charge in [0, 0.05) is 36.7 Å². The van der Waals surface area contributed by atoms with Crippen LogP contribution in [-0.4, -0.2) is 31.1 Å². The second kappa shape index (κ2) is 8.68. The second-order valence-electron chi connectivity index (χ2n) is 5.59. The molecular weight excluding hydrogens is 378 g/mol. The highest BCUT2D eigenvalue weighted by atomic mass is 79.9. The average Bonchev–Trinajstić information content (AvgIpc) is 2.35. The summed E-state index contributed by atoms with van der Waals surface area (Å²) in [5.41, 5.74) is 1.26. The molecule has 1 aliphatic heterocycles. The molecule has 2 nitrogen and oxygen atoms in total. The molecule has 6 heteroatoms. The summed E-state index contributed by atoms with van der Waals surface area (Å²) < 4.78 is 14.2. The van der Waals surface area contributed by atoms with E-state index < -0.39 is 0 Å². The summed E-state index contributed by atoms with van der Waals surface area (Å²) in [6.07, 6.45) is 3.95. The number of halogens is 4. The van der Waals surface area contributed by atoms with E-state index in [0.29, 0.717) is 6.04 Å². The number of piperazine rings is 1. The Morgan fingerprint density at radius 1 is 1.19 bits per heavy atom. The number of nitrogens with zero attached hydrogens (tertiary/aromatic N) is 1. The lowest BCUT2D eigenvalue weighted by Crippen LogP contribution is -2.47. The van der Waals surface area contributed by atoms with E-state index in [2.05, 4.69) is 26.1 Å². The van der Waals surface area contributed by atoms with Crippen molar-refractivity contribution in [2.75, 3.05) is 26.2 Å². The Morgan fingerprint density at radius 3 is 2.38 bits per heavy atom. The van der Waals surface area contributed by atoms with Crippen LogP contribution in [0.3, 0.4) is 0 Å². The standard InChI is InChI=1S/C15H20BrFN2.2ClH/c16-14-10-12(17)4-5-13(14)15(11-2-1-3-11)19-8-6-18-7-9-19;;/h4-5,10-11,15,18H,1-3,6-9H2;2*1H/t15-;;/m0../s1. The highest BCUT2D eigenvalue weighted by Crippen LogP contribution is 2.43. The Labute approximate surface area is 146 Å². The Kier molecular flexibility index (Phi) is 7.93. The average molecular weight is 400 g/mol. The highest BCUT2D eigenvalue weighted by molar-refractivity contribution is 9.10. The molecule has 21 heavy (non-hydrogen) atoms. The zero-order valence-electron chi connectivity index (χ0n) is 11.9. The van der Waals surface area contributed by atoms with Crippen LogP contribution >= 0.6 is 40.7 Å². The fourth-order valence-corrected chi connectivity index (χ4v) is 3.79. The summed E-state index contributed by atoms with van der Waals surface area (Å²) in [6, 6.07) is 5.60. The van der Waals surface area contributed by atoms with Crippen molar-refractivity contribution >= 4 is 40.7 Å². The molecule has 1 atom stereocenters. The molecular formula is C15H22BrCl2FN2. The van der Waals surface area contributed by atoms with Crippen LogP contribution in [0.1, 0.15) is 30.9 Å². The normalized spacial score (nSPS) is 20.9. The summed E-state index contributed by atoms with van der Waals surface area (Å²) >= 11 is 3.55. The molecule has 1 saturated carbocycles. The molecule has 1 heterocycles. The third kappa shape index (κ3) is 4.32. The lowest BCUT2D eigenvalue weighted by atomic mass is 9.76. The van der Waals surface area contributed by atoms with Crippen molar-refractivity contribution in [1.29, 1.82) is 0 Å². The minimum Gasteiger partial charge on any atom is -0.314 e. The van der Waals surface area contributed by atoms with E-state index in [9.17, 15) is 4.39 Å². The molecule has 0 spiro atoms. The van der Waals surface area contributed by atoms with E-state index in [1.54, 1.807) is 12.1 Å². The third-order valence-corrected chi connectivity index (χ3v) is 5.11. The zero-order valence-corrected chi connectivity index (χ0v) is 15.1. The van der Waals surface area contributed by atoms with Crippen molar-refractivity contribution in [3.05, 3.63) is 34.1 Å². The number of rotatable bonds is 3. The van der Waals surface area contributed by atoms with Gasteiger partial charge in [0.2, 0.25) is 0 Å². The van der Waals surface area contributed by atoms with E-state index in [-0.39, 0.29) is 30.6 Å². The van der Waals surface area contributed by atoms with Gasteiger partial charge in [0.1, 0.15) is 5.82 Å². The number of hydrogen-bond acceptors (Lipinski definition) is 2. The smallest absolute Gasteiger partial charge is 0.124 e. The fourth-order valence-electron chi connectivity index (χ4n) is 3.21. The van der Waals surface area contributed by atoms with Gasteiger partial charge in [0.25, 0.3) is 0 Å². The number of hydrogen-bond donors (Lipinski definition) is 1. The molecule has 1 aromatic rings. The van der Waals surface area contributed by atoms with Gasteiger partial charge in [0.15, 0.2) is 0 Å². The van der Waals surface area contributed by atoms with Gasteiger partial charge in [0.05, 0.1) is 0 Å². The van der Waals surface area contributed by atoms with Crippen molar-refractivity contribution < 1.29 is 4.39 Å². The van der Waals surface area contributed by atoms with E-state index >= 15 is 0 Å². The predicted molar refractivity (Wildman–Crippen MR) is 93.1 cm³/mol. The summed E-state index contributed by atoms with van der Waals surface area (Å²) in [5, 5.41) is 3.41. The van der Waals surface area contributed by atoms with Gasteiger partial charge in [-0.2, -0.15) is 0 Å². The molecule has 2 fully saturated rings. The molecule has 3 rings (SSSR count). The van der Waals surface area contributed by atoms with Gasteiger partial charge in [-0.25, -0.2) is 4.39 Å². The molecule has 120 valence electrons. The van der Waals surface area contributed by atoms with Crippen molar-refractivity contribution in [3.63, 3.8) is 0 Å². The Bertz CT molecular complexity index is 451. The van der Waals surface area contributed by atoms with Crippen LogP contribution in [-0.2, 0) is 0 Å². The van der Waals surface area contributed by atoms with E-state index in [1.165, 1.54) is 24.8 Å². The third-order valence-electron chi connectivity index (χ3n) is 4.42. The molecule has 0 amide bonds. The second-order valence-corrected chi connectivity index (χ2v) is 6.44. The Balaban J connectivity index is 0.00000110. The molecule has 1 aromatic carbocycles. The van der Waals surface area contributed by atoms with Gasteiger partial charge < -0.3 is 5.32 Å². The molecule has 0 aromatic heterocycles. The monoisotopic (exact) mass is 398 g/mol. The van der Waals surface area contributed by atoms with E-state index in [0.717, 1.165) is 36.6 Å². The summed E-state index contributed by atoms with van der Waals surface area (Å²) in [6.45, 7) is 4.29. The maximum atomic E-state index is 13.3. The minimum absolute atomic E-state index is 0. The first kappa shape index (κ1) is 19.2. The molecule has 2 aliphatic rings. The Morgan fingerprint density at radius 2 is 1.86 bits per heavy atom. The number of nitrogens with one attached hydrogen (secondary N) is 1. The SMILES string of the molecule is Cl.Cl.Fc1ccc([C@H](C2CCC2)N2CCNCC2)c(Br)c1. The van der Waals surface area contributed by atoms with E-state index in [4.69, 9.17) is 0 Å². The molecule has 1 N–H and O–H groups in total. The van der Waals surface area contributed by atoms with Crippen molar-refractivity contribution in [2.45, 2.75) is 25.3 Å². The quantitative estimate of drug-likeness (QED) is 0.820. The minimum atomic E-state index is -0.164. The molecule has 1 aliphatic carbocycles.